The van der Waals surface area contributed by atoms with Crippen LogP contribution in [0.4, 0.5) is 0 Å². The third kappa shape index (κ3) is 39.3. The van der Waals surface area contributed by atoms with Gasteiger partial charge in [0.05, 0.1) is 56.6 Å². The van der Waals surface area contributed by atoms with Crippen LogP contribution in [0.25, 0.3) is 131 Å². The van der Waals surface area contributed by atoms with Crippen LogP contribution in [0.3, 0.4) is 0 Å². The molecule has 19 rings (SSSR count). The topological polar surface area (TPSA) is 241 Å². The SMILES string of the molecule is CC(=O)C=C(C)O.CC(=O)C=C(C)O.CC(=O)C=C(C)O.[Ir].[Ir].[Ir].[Ir].[Pt].[Ru+].[c-]1c(-c2ccccn2)sc2ccccc12.[c-]1ccccc1-c1ccccn1.[c-]1ccccc1-c1nc2ccccc2nc1-c1ccccc1.[c-]1ccccc1-c1nc2ccccc2s1.[c-]1ccccc1-c1nccnc1-c1ccccc1.[c-]1ccsc1-c1ccccn1.c1ccc(-c2ccccn2)nc1. The Labute approximate surface area is 863 Å². The van der Waals surface area contributed by atoms with Crippen LogP contribution in [-0.2, 0) is 135 Å². The zero-order chi connectivity index (χ0) is 88.7. The molecule has 16 nitrogen and oxygen atoms in total. The maximum atomic E-state index is 10.0. The van der Waals surface area contributed by atoms with Gasteiger partial charge in [-0.25, -0.2) is 22.7 Å². The molecule has 3 N–H and O–H groups in total. The Balaban J connectivity index is 0.000000311. The monoisotopic (exact) mass is 2770 g/mol. The zero-order valence-electron chi connectivity index (χ0n) is 71.8. The predicted octanol–water partition coefficient (Wildman–Crippen LogP) is 26.3. The van der Waals surface area contributed by atoms with Gasteiger partial charge in [0, 0.05) is 190 Å². The molecular weight excluding hydrogens is 2680 g/mol. The minimum absolute atomic E-state index is 0. The van der Waals surface area contributed by atoms with Crippen LogP contribution in [0.15, 0.2) is 412 Å². The van der Waals surface area contributed by atoms with E-state index in [9.17, 15) is 14.4 Å². The van der Waals surface area contributed by atoms with Gasteiger partial charge in [-0.1, -0.05) is 150 Å². The number of carbonyl (C=O) groups is 3. The molecule has 0 atom stereocenters. The Morgan fingerprint density at radius 1 is 0.295 bits per heavy atom. The van der Waals surface area contributed by atoms with E-state index in [0.29, 0.717) is 0 Å². The number of hydrogen-bond donors (Lipinski definition) is 3. The summed E-state index contributed by atoms with van der Waals surface area (Å²) in [4.78, 5) is 76.5. The summed E-state index contributed by atoms with van der Waals surface area (Å²) in [5.74, 6) is -0.187. The van der Waals surface area contributed by atoms with E-state index in [1.54, 1.807) is 71.2 Å². The van der Waals surface area contributed by atoms with Crippen molar-refractivity contribution >= 4 is 82.7 Å². The molecule has 5 radical (unpaired) electrons. The van der Waals surface area contributed by atoms with Crippen LogP contribution in [0.2, 0.25) is 0 Å². The van der Waals surface area contributed by atoms with Crippen LogP contribution in [0, 0.1) is 36.4 Å². The number of fused-ring (bicyclic) bond motifs is 3. The molecule has 19 aromatic rings. The number of ketones is 3. The van der Waals surface area contributed by atoms with Crippen LogP contribution < -0.4 is 0 Å². The van der Waals surface area contributed by atoms with Crippen molar-refractivity contribution in [3.05, 3.63) is 448 Å². The van der Waals surface area contributed by atoms with Crippen LogP contribution in [0.1, 0.15) is 41.5 Å². The number of hydrogen-bond acceptors (Lipinski definition) is 19. The number of allylic oxidation sites excluding steroid dienone is 6. The molecule has 10 heterocycles. The fourth-order valence-electron chi connectivity index (χ4n) is 11.3. The van der Waals surface area contributed by atoms with E-state index in [0.717, 1.165) is 116 Å². The number of thiophene rings is 2. The quantitative estimate of drug-likeness (QED) is 0.0446. The van der Waals surface area contributed by atoms with Gasteiger partial charge in [-0.05, 0) is 140 Å². The molecule has 10 aromatic heterocycles. The van der Waals surface area contributed by atoms with Crippen molar-refractivity contribution in [2.24, 2.45) is 0 Å². The molecule has 677 valence electrons. The molecule has 0 spiro atoms. The van der Waals surface area contributed by atoms with Gasteiger partial charge in [-0.3, -0.25) is 44.3 Å². The van der Waals surface area contributed by atoms with Gasteiger partial charge >= 0.3 is 19.5 Å². The van der Waals surface area contributed by atoms with E-state index in [1.165, 1.54) is 74.6 Å². The number of para-hydroxylation sites is 3. The first-order chi connectivity index (χ1) is 61.5. The van der Waals surface area contributed by atoms with E-state index in [2.05, 4.69) is 113 Å². The average molecular weight is 2770 g/mol. The first-order valence-corrected chi connectivity index (χ1v) is 42.0. The second-order valence-electron chi connectivity index (χ2n) is 26.7. The summed E-state index contributed by atoms with van der Waals surface area (Å²) in [6.07, 6.45) is 15.9. The number of nitrogens with zero attached hydrogens (tertiary/aromatic N) is 10. The van der Waals surface area contributed by atoms with Crippen molar-refractivity contribution in [3.63, 3.8) is 0 Å². The molecule has 0 unspecified atom stereocenters. The molecule has 25 heteroatoms. The second kappa shape index (κ2) is 63.3. The molecule has 0 aliphatic carbocycles. The van der Waals surface area contributed by atoms with Crippen molar-refractivity contribution < 1.29 is 151 Å². The number of thiazole rings is 1. The summed E-state index contributed by atoms with van der Waals surface area (Å²) in [5.41, 5.74) is 17.3. The maximum absolute atomic E-state index is 10.0. The Kier molecular flexibility index (Phi) is 54.0. The molecule has 0 saturated heterocycles. The number of rotatable bonds is 12. The van der Waals surface area contributed by atoms with Gasteiger partial charge < -0.3 is 35.3 Å². The van der Waals surface area contributed by atoms with E-state index < -0.39 is 0 Å². The van der Waals surface area contributed by atoms with Crippen molar-refractivity contribution in [1.29, 1.82) is 0 Å². The first kappa shape index (κ1) is 113. The summed E-state index contributed by atoms with van der Waals surface area (Å²) in [5, 5.41) is 29.3. The van der Waals surface area contributed by atoms with Crippen molar-refractivity contribution in [2.45, 2.75) is 41.5 Å². The Morgan fingerprint density at radius 3 is 1.05 bits per heavy atom. The Hall–Kier alpha value is -11.8. The van der Waals surface area contributed by atoms with Crippen LogP contribution in [-0.4, -0.2) is 82.5 Å². The third-order valence-corrected chi connectivity index (χ3v) is 19.6. The summed E-state index contributed by atoms with van der Waals surface area (Å²) < 4.78 is 2.49. The van der Waals surface area contributed by atoms with E-state index in [4.69, 9.17) is 25.3 Å². The fraction of sp³-hybridized carbons (Fsp3) is 0.0561. The Morgan fingerprint density at radius 2 is 0.652 bits per heavy atom. The van der Waals surface area contributed by atoms with Gasteiger partial charge in [0.1, 0.15) is 0 Å². The summed E-state index contributed by atoms with van der Waals surface area (Å²) in [6, 6.07) is 127. The first-order valence-electron chi connectivity index (χ1n) is 39.5. The van der Waals surface area contributed by atoms with E-state index in [-0.39, 0.29) is 156 Å². The molecule has 0 amide bonds. The molecule has 9 aromatic carbocycles. The Bertz CT molecular complexity index is 6030. The summed E-state index contributed by atoms with van der Waals surface area (Å²) >= 11 is 5.10. The van der Waals surface area contributed by atoms with Crippen molar-refractivity contribution in [3.8, 4) is 99.4 Å². The smallest absolute Gasteiger partial charge is 0.512 e. The number of aromatic nitrogens is 10. The van der Waals surface area contributed by atoms with Gasteiger partial charge in [0.15, 0.2) is 17.3 Å². The van der Waals surface area contributed by atoms with E-state index >= 15 is 0 Å². The van der Waals surface area contributed by atoms with Crippen molar-refractivity contribution in [2.75, 3.05) is 0 Å². The van der Waals surface area contributed by atoms with E-state index in [1.807, 2.05) is 303 Å². The number of aliphatic hydroxyl groups excluding tert-OH is 3. The maximum Gasteiger partial charge on any atom is 1.00 e. The van der Waals surface area contributed by atoms with Gasteiger partial charge in [0.25, 0.3) is 0 Å². The number of carbonyl (C=O) groups excluding carboxylic acids is 3. The fourth-order valence-corrected chi connectivity index (χ4v) is 13.9. The standard InChI is InChI=1S/C20H13N2.C16H11N2.2C13H8NS.C11H8N.C10H8N2.C9H6NS.3C5H8O2.4Ir.Pt.Ru/c1-3-9-15(10-4-1)19-20(16-11-5-2-6-12-16)22-18-14-8-7-13-17(18)21-19;1-3-7-13(8-4-1)15-16(18-12-11-17-15)14-9-5-2-6-10-14;1-2-7-12-10(5-1)9-13(15-12)11-6-3-4-8-14-11;1-2-6-10(7-3-1)13-14-11-8-4-5-9-12(11)15-13;1-2-6-10(7-3-1)11-8-4-5-9-12-11;1-3-7-11-9(5-1)10-6-2-4-8-12-10;1-2-6-10-8(4-1)9-5-3-7-11-9;3*1-4(6)3-5(2)7;;;;;;/h1-11,13-14H;1-9,11-12H;1-8H;1-6,8-9H;1-6,8-9H;1-8H;1-4,6-7H;3*3,6H,1-2H3;;;;;;/q5*-1;;-1;;;;;;;;;+1. The van der Waals surface area contributed by atoms with Gasteiger partial charge in [0.2, 0.25) is 0 Å². The van der Waals surface area contributed by atoms with Crippen LogP contribution in [0.5, 0.6) is 0 Å². The zero-order valence-corrected chi connectivity index (χ0v) is 87.8. The number of aliphatic hydroxyl groups is 3. The average Bonchev–Trinajstić information content (AvgIpc) is 1.12. The second-order valence-corrected chi connectivity index (χ2v) is 29.7. The largest absolute Gasteiger partial charge is 1.00 e. The number of pyridine rings is 5. The summed E-state index contributed by atoms with van der Waals surface area (Å²) in [7, 11) is 0. The predicted molar refractivity (Wildman–Crippen MR) is 512 cm³/mol. The molecule has 0 aliphatic heterocycles. The molecular formula is C107H86Ir4N10O6PtRuS3-5. The number of benzene rings is 9. The molecule has 0 fully saturated rings. The van der Waals surface area contributed by atoms with Gasteiger partial charge in [-0.2, -0.15) is 23.5 Å². The minimum atomic E-state index is -0.125. The van der Waals surface area contributed by atoms with Crippen molar-refractivity contribution in [1.82, 2.24) is 49.8 Å². The molecule has 132 heavy (non-hydrogen) atoms. The third-order valence-electron chi connectivity index (χ3n) is 16.6. The molecule has 0 aliphatic rings. The normalized spacial score (nSPS) is 10.0. The summed E-state index contributed by atoms with van der Waals surface area (Å²) in [6.45, 7) is 8.54. The van der Waals surface area contributed by atoms with Gasteiger partial charge in [-0.15, -0.1) is 173 Å². The van der Waals surface area contributed by atoms with Crippen LogP contribution >= 0.6 is 34.0 Å². The minimum Gasteiger partial charge on any atom is -0.512 e. The molecule has 0 saturated carbocycles. The molecule has 0 bridgehead atoms.